The SMILES string of the molecule is FC(F)CO[C@H]1CC[C@@H](OCc2ccccc2)CO1. The Hall–Kier alpha value is -1.04. The Bertz CT molecular complexity index is 351. The topological polar surface area (TPSA) is 27.7 Å². The number of hydrogen-bond acceptors (Lipinski definition) is 3. The van der Waals surface area contributed by atoms with Crippen LogP contribution in [0.3, 0.4) is 0 Å². The minimum atomic E-state index is -2.45. The van der Waals surface area contributed by atoms with E-state index in [4.69, 9.17) is 14.2 Å². The summed E-state index contributed by atoms with van der Waals surface area (Å²) in [5.74, 6) is 0. The van der Waals surface area contributed by atoms with Crippen molar-refractivity contribution in [1.82, 2.24) is 0 Å². The molecule has 1 aliphatic heterocycles. The van der Waals surface area contributed by atoms with E-state index in [1.54, 1.807) is 0 Å². The van der Waals surface area contributed by atoms with E-state index in [9.17, 15) is 8.78 Å². The highest BCUT2D eigenvalue weighted by Crippen LogP contribution is 2.18. The Labute approximate surface area is 111 Å². The Morgan fingerprint density at radius 2 is 1.95 bits per heavy atom. The maximum Gasteiger partial charge on any atom is 0.261 e. The lowest BCUT2D eigenvalue weighted by Crippen LogP contribution is -2.33. The quantitative estimate of drug-likeness (QED) is 0.796. The molecule has 1 aliphatic rings. The molecule has 1 fully saturated rings. The van der Waals surface area contributed by atoms with Gasteiger partial charge in [-0.3, -0.25) is 0 Å². The fourth-order valence-corrected chi connectivity index (χ4v) is 1.93. The van der Waals surface area contributed by atoms with Gasteiger partial charge in [0.15, 0.2) is 6.29 Å². The van der Waals surface area contributed by atoms with Crippen LogP contribution in [-0.4, -0.2) is 32.0 Å². The van der Waals surface area contributed by atoms with Gasteiger partial charge in [0.05, 0.1) is 19.3 Å². The first kappa shape index (κ1) is 14.4. The molecule has 106 valence electrons. The molecule has 1 aromatic carbocycles. The zero-order valence-electron chi connectivity index (χ0n) is 10.6. The maximum atomic E-state index is 12.0. The molecule has 0 saturated carbocycles. The van der Waals surface area contributed by atoms with Crippen LogP contribution >= 0.6 is 0 Å². The van der Waals surface area contributed by atoms with Crippen LogP contribution in [0.25, 0.3) is 0 Å². The van der Waals surface area contributed by atoms with Gasteiger partial charge in [-0.1, -0.05) is 30.3 Å². The van der Waals surface area contributed by atoms with E-state index in [-0.39, 0.29) is 6.10 Å². The zero-order chi connectivity index (χ0) is 13.5. The smallest absolute Gasteiger partial charge is 0.261 e. The van der Waals surface area contributed by atoms with Crippen LogP contribution in [0.2, 0.25) is 0 Å². The summed E-state index contributed by atoms with van der Waals surface area (Å²) < 4.78 is 39.9. The first-order chi connectivity index (χ1) is 9.24. The van der Waals surface area contributed by atoms with Crippen LogP contribution in [0.1, 0.15) is 18.4 Å². The largest absolute Gasteiger partial charge is 0.371 e. The van der Waals surface area contributed by atoms with Crippen LogP contribution < -0.4 is 0 Å². The van der Waals surface area contributed by atoms with Gasteiger partial charge in [-0.25, -0.2) is 8.78 Å². The minimum Gasteiger partial charge on any atom is -0.371 e. The van der Waals surface area contributed by atoms with Crippen LogP contribution in [0.15, 0.2) is 30.3 Å². The van der Waals surface area contributed by atoms with E-state index in [0.717, 1.165) is 12.0 Å². The Morgan fingerprint density at radius 3 is 2.58 bits per heavy atom. The van der Waals surface area contributed by atoms with Gasteiger partial charge in [-0.15, -0.1) is 0 Å². The summed E-state index contributed by atoms with van der Waals surface area (Å²) in [5, 5.41) is 0. The molecule has 0 aromatic heterocycles. The molecule has 0 aliphatic carbocycles. The second-order valence-corrected chi connectivity index (χ2v) is 4.48. The highest BCUT2D eigenvalue weighted by Gasteiger charge is 2.23. The lowest BCUT2D eigenvalue weighted by molar-refractivity contribution is -0.207. The highest BCUT2D eigenvalue weighted by atomic mass is 19.3. The average molecular weight is 272 g/mol. The summed E-state index contributed by atoms with van der Waals surface area (Å²) in [4.78, 5) is 0. The summed E-state index contributed by atoms with van der Waals surface area (Å²) in [6.07, 6.45) is -1.61. The number of ether oxygens (including phenoxy) is 3. The molecule has 0 unspecified atom stereocenters. The van der Waals surface area contributed by atoms with Gasteiger partial charge in [0.1, 0.15) is 6.61 Å². The Balaban J connectivity index is 1.63. The first-order valence-electron chi connectivity index (χ1n) is 6.41. The normalized spacial score (nSPS) is 23.7. The van der Waals surface area contributed by atoms with E-state index in [1.807, 2.05) is 30.3 Å². The number of benzene rings is 1. The fraction of sp³-hybridized carbons (Fsp3) is 0.571. The maximum absolute atomic E-state index is 12.0. The number of halogens is 2. The van der Waals surface area contributed by atoms with Gasteiger partial charge in [0.25, 0.3) is 6.43 Å². The molecule has 1 aromatic rings. The van der Waals surface area contributed by atoms with Crippen molar-refractivity contribution >= 4 is 0 Å². The number of hydrogen-bond donors (Lipinski definition) is 0. The minimum absolute atomic E-state index is 0.00612. The molecule has 0 spiro atoms. The van der Waals surface area contributed by atoms with Crippen molar-refractivity contribution in [3.63, 3.8) is 0 Å². The summed E-state index contributed by atoms with van der Waals surface area (Å²) in [6, 6.07) is 9.88. The molecule has 0 amide bonds. The average Bonchev–Trinajstić information content (AvgIpc) is 2.45. The van der Waals surface area contributed by atoms with Crippen LogP contribution in [0.4, 0.5) is 8.78 Å². The molecular weight excluding hydrogens is 254 g/mol. The van der Waals surface area contributed by atoms with E-state index >= 15 is 0 Å². The van der Waals surface area contributed by atoms with Crippen molar-refractivity contribution in [3.8, 4) is 0 Å². The van der Waals surface area contributed by atoms with Gasteiger partial charge in [0.2, 0.25) is 0 Å². The van der Waals surface area contributed by atoms with E-state index in [2.05, 4.69) is 0 Å². The summed E-state index contributed by atoms with van der Waals surface area (Å²) >= 11 is 0. The van der Waals surface area contributed by atoms with Gasteiger partial charge in [0, 0.05) is 6.42 Å². The predicted octanol–water partition coefficient (Wildman–Crippen LogP) is 2.99. The molecular formula is C14H18F2O3. The molecule has 0 N–H and O–H groups in total. The second-order valence-electron chi connectivity index (χ2n) is 4.48. The molecule has 0 radical (unpaired) electrons. The lowest BCUT2D eigenvalue weighted by Gasteiger charge is -2.28. The van der Waals surface area contributed by atoms with Crippen molar-refractivity contribution in [2.45, 2.75) is 38.3 Å². The monoisotopic (exact) mass is 272 g/mol. The van der Waals surface area contributed by atoms with Crippen molar-refractivity contribution in [3.05, 3.63) is 35.9 Å². The van der Waals surface area contributed by atoms with Crippen LogP contribution in [-0.2, 0) is 20.8 Å². The van der Waals surface area contributed by atoms with E-state index < -0.39 is 19.3 Å². The van der Waals surface area contributed by atoms with Gasteiger partial charge in [-0.05, 0) is 12.0 Å². The molecule has 1 heterocycles. The van der Waals surface area contributed by atoms with Gasteiger partial charge in [-0.2, -0.15) is 0 Å². The molecule has 5 heteroatoms. The molecule has 3 nitrogen and oxygen atoms in total. The second kappa shape index (κ2) is 7.53. The standard InChI is InChI=1S/C14H18F2O3/c15-13(16)10-19-14-7-6-12(9-18-14)17-8-11-4-2-1-3-5-11/h1-5,12-14H,6-10H2/t12-,14+/m1/s1. The Kier molecular flexibility index (Phi) is 5.69. The number of alkyl halides is 2. The third-order valence-electron chi connectivity index (χ3n) is 2.93. The predicted molar refractivity (Wildman–Crippen MR) is 65.9 cm³/mol. The zero-order valence-corrected chi connectivity index (χ0v) is 10.6. The molecule has 2 atom stereocenters. The van der Waals surface area contributed by atoms with Crippen molar-refractivity contribution in [2.24, 2.45) is 0 Å². The first-order valence-corrected chi connectivity index (χ1v) is 6.41. The van der Waals surface area contributed by atoms with E-state index in [0.29, 0.717) is 19.6 Å². The summed E-state index contributed by atoms with van der Waals surface area (Å²) in [5.41, 5.74) is 1.11. The number of rotatable bonds is 6. The van der Waals surface area contributed by atoms with Crippen LogP contribution in [0.5, 0.6) is 0 Å². The summed E-state index contributed by atoms with van der Waals surface area (Å²) in [6.45, 7) is 0.359. The molecule has 1 saturated heterocycles. The third-order valence-corrected chi connectivity index (χ3v) is 2.93. The third kappa shape index (κ3) is 5.22. The van der Waals surface area contributed by atoms with Crippen LogP contribution in [0, 0.1) is 0 Å². The van der Waals surface area contributed by atoms with Crippen molar-refractivity contribution in [1.29, 1.82) is 0 Å². The summed E-state index contributed by atoms with van der Waals surface area (Å²) in [7, 11) is 0. The molecule has 2 rings (SSSR count). The van der Waals surface area contributed by atoms with Gasteiger partial charge < -0.3 is 14.2 Å². The van der Waals surface area contributed by atoms with E-state index in [1.165, 1.54) is 0 Å². The van der Waals surface area contributed by atoms with Crippen molar-refractivity contribution in [2.75, 3.05) is 13.2 Å². The highest BCUT2D eigenvalue weighted by molar-refractivity contribution is 5.13. The Morgan fingerprint density at radius 1 is 1.16 bits per heavy atom. The molecule has 19 heavy (non-hydrogen) atoms. The molecule has 0 bridgehead atoms. The van der Waals surface area contributed by atoms with Gasteiger partial charge >= 0.3 is 0 Å². The lowest BCUT2D eigenvalue weighted by atomic mass is 10.1. The van der Waals surface area contributed by atoms with Crippen molar-refractivity contribution < 1.29 is 23.0 Å². The fourth-order valence-electron chi connectivity index (χ4n) is 1.93.